The minimum atomic E-state index is -3.91. The van der Waals surface area contributed by atoms with E-state index in [1.165, 1.54) is 13.8 Å². The van der Waals surface area contributed by atoms with Crippen molar-refractivity contribution in [2.75, 3.05) is 0 Å². The SMILES string of the molecule is CC(C)OP1(=O)OC(C)(P(=O)(OC(C)C)OC(C)C)CC1(C)O. The largest absolute Gasteiger partial charge is 0.377 e. The van der Waals surface area contributed by atoms with E-state index in [-0.39, 0.29) is 6.42 Å². The first-order valence-corrected chi connectivity index (χ1v) is 10.9. The van der Waals surface area contributed by atoms with Crippen LogP contribution in [0.3, 0.4) is 0 Å². The van der Waals surface area contributed by atoms with Crippen LogP contribution in [0, 0.1) is 0 Å². The number of hydrogen-bond donors (Lipinski definition) is 1. The summed E-state index contributed by atoms with van der Waals surface area (Å²) in [6.45, 7) is 13.1. The topological polar surface area (TPSA) is 91.3 Å². The Hall–Kier alpha value is 0.260. The molecule has 1 aliphatic heterocycles. The maximum Gasteiger partial charge on any atom is 0.363 e. The third-order valence-corrected chi connectivity index (χ3v) is 8.83. The van der Waals surface area contributed by atoms with Crippen LogP contribution in [0.25, 0.3) is 0 Å². The summed E-state index contributed by atoms with van der Waals surface area (Å²) in [5.74, 6) is 0. The Morgan fingerprint density at radius 2 is 1.48 bits per heavy atom. The van der Waals surface area contributed by atoms with Crippen LogP contribution >= 0.6 is 15.2 Å². The van der Waals surface area contributed by atoms with E-state index in [2.05, 4.69) is 0 Å². The van der Waals surface area contributed by atoms with Crippen molar-refractivity contribution in [3.63, 3.8) is 0 Å². The van der Waals surface area contributed by atoms with Crippen LogP contribution in [0.1, 0.15) is 61.8 Å². The van der Waals surface area contributed by atoms with Crippen LogP contribution in [-0.4, -0.2) is 34.1 Å². The van der Waals surface area contributed by atoms with Gasteiger partial charge < -0.3 is 18.7 Å². The van der Waals surface area contributed by atoms with E-state index < -0.39 is 44.2 Å². The molecule has 7 nitrogen and oxygen atoms in total. The molecule has 0 aromatic carbocycles. The molecule has 0 aromatic heterocycles. The van der Waals surface area contributed by atoms with Crippen molar-refractivity contribution < 1.29 is 32.3 Å². The quantitative estimate of drug-likeness (QED) is 0.658. The summed E-state index contributed by atoms with van der Waals surface area (Å²) in [5, 5.41) is 7.25. The Morgan fingerprint density at radius 3 is 1.83 bits per heavy atom. The summed E-state index contributed by atoms with van der Waals surface area (Å²) in [5.41, 5.74) is 0. The van der Waals surface area contributed by atoms with Gasteiger partial charge in [0.1, 0.15) is 0 Å². The molecule has 138 valence electrons. The Morgan fingerprint density at radius 1 is 1.04 bits per heavy atom. The molecule has 1 saturated heterocycles. The van der Waals surface area contributed by atoms with Crippen molar-refractivity contribution in [2.24, 2.45) is 0 Å². The summed E-state index contributed by atoms with van der Waals surface area (Å²) >= 11 is 0. The molecular formula is C14H30O7P2. The highest BCUT2D eigenvalue weighted by Gasteiger charge is 2.68. The average Bonchev–Trinajstić information content (AvgIpc) is 2.40. The van der Waals surface area contributed by atoms with E-state index in [0.717, 1.165) is 0 Å². The molecule has 1 fully saturated rings. The Kier molecular flexibility index (Phi) is 6.37. The van der Waals surface area contributed by atoms with Crippen LogP contribution in [0.2, 0.25) is 0 Å². The van der Waals surface area contributed by atoms with Gasteiger partial charge in [-0.15, -0.1) is 0 Å². The molecule has 0 radical (unpaired) electrons. The lowest BCUT2D eigenvalue weighted by molar-refractivity contribution is 0.0623. The van der Waals surface area contributed by atoms with Crippen molar-refractivity contribution >= 4 is 15.2 Å². The molecule has 1 N–H and O–H groups in total. The van der Waals surface area contributed by atoms with Crippen molar-refractivity contribution in [3.05, 3.63) is 0 Å². The third-order valence-electron chi connectivity index (χ3n) is 3.20. The predicted molar refractivity (Wildman–Crippen MR) is 88.6 cm³/mol. The van der Waals surface area contributed by atoms with Gasteiger partial charge in [0.25, 0.3) is 0 Å². The van der Waals surface area contributed by atoms with Crippen LogP contribution < -0.4 is 0 Å². The lowest BCUT2D eigenvalue weighted by atomic mass is 10.2. The first-order valence-electron chi connectivity index (χ1n) is 7.85. The third kappa shape index (κ3) is 4.46. The fourth-order valence-corrected chi connectivity index (χ4v) is 7.52. The zero-order chi connectivity index (χ0) is 18.3. The zero-order valence-electron chi connectivity index (χ0n) is 15.2. The van der Waals surface area contributed by atoms with Gasteiger partial charge in [-0.2, -0.15) is 0 Å². The zero-order valence-corrected chi connectivity index (χ0v) is 17.0. The highest BCUT2D eigenvalue weighted by atomic mass is 31.2. The van der Waals surface area contributed by atoms with Crippen molar-refractivity contribution in [3.8, 4) is 0 Å². The summed E-state index contributed by atoms with van der Waals surface area (Å²) in [7, 11) is -7.74. The number of hydrogen-bond acceptors (Lipinski definition) is 7. The standard InChI is InChI=1S/C14H30O7P2/c1-10(2)18-22(16)13(7,15)9-14(8,21-22)23(17,19-11(3)4)20-12(5)6/h10-12,15H,9H2,1-8H3. The van der Waals surface area contributed by atoms with Crippen LogP contribution in [0.5, 0.6) is 0 Å². The molecule has 1 heterocycles. The van der Waals surface area contributed by atoms with E-state index in [9.17, 15) is 14.2 Å². The predicted octanol–water partition coefficient (Wildman–Crippen LogP) is 4.49. The Labute approximate surface area is 139 Å². The molecule has 0 saturated carbocycles. The molecule has 0 aliphatic carbocycles. The number of aliphatic hydroxyl groups is 1. The fourth-order valence-electron chi connectivity index (χ4n) is 2.47. The van der Waals surface area contributed by atoms with Gasteiger partial charge in [0.2, 0.25) is 0 Å². The maximum absolute atomic E-state index is 13.4. The summed E-state index contributed by atoms with van der Waals surface area (Å²) < 4.78 is 48.4. The monoisotopic (exact) mass is 372 g/mol. The smallest absolute Gasteiger partial charge is 0.363 e. The highest BCUT2D eigenvalue weighted by molar-refractivity contribution is 7.59. The highest BCUT2D eigenvalue weighted by Crippen LogP contribution is 2.79. The van der Waals surface area contributed by atoms with Crippen LogP contribution in [-0.2, 0) is 27.2 Å². The van der Waals surface area contributed by atoms with Gasteiger partial charge in [0, 0.05) is 6.42 Å². The molecule has 0 aromatic rings. The second-order valence-corrected chi connectivity index (χ2v) is 11.8. The molecule has 3 unspecified atom stereocenters. The van der Waals surface area contributed by atoms with Gasteiger partial charge in [-0.3, -0.25) is 13.7 Å². The molecule has 0 bridgehead atoms. The van der Waals surface area contributed by atoms with E-state index in [0.29, 0.717) is 0 Å². The molecule has 9 heteroatoms. The molecule has 1 aliphatic rings. The molecular weight excluding hydrogens is 342 g/mol. The first kappa shape index (κ1) is 21.3. The lowest BCUT2D eigenvalue weighted by Crippen LogP contribution is -2.31. The van der Waals surface area contributed by atoms with Gasteiger partial charge >= 0.3 is 15.2 Å². The maximum atomic E-state index is 13.4. The summed E-state index contributed by atoms with van der Waals surface area (Å²) in [6.07, 6.45) is -1.39. The lowest BCUT2D eigenvalue weighted by Gasteiger charge is -2.34. The van der Waals surface area contributed by atoms with Crippen LogP contribution in [0.4, 0.5) is 0 Å². The van der Waals surface area contributed by atoms with E-state index in [1.54, 1.807) is 41.5 Å². The van der Waals surface area contributed by atoms with Crippen molar-refractivity contribution in [1.29, 1.82) is 0 Å². The van der Waals surface area contributed by atoms with Gasteiger partial charge in [-0.05, 0) is 55.4 Å². The second-order valence-electron chi connectivity index (χ2n) is 7.12. The Balaban J connectivity index is 3.27. The molecule has 23 heavy (non-hydrogen) atoms. The average molecular weight is 372 g/mol. The molecule has 0 spiro atoms. The van der Waals surface area contributed by atoms with Gasteiger partial charge in [0.05, 0.1) is 18.3 Å². The van der Waals surface area contributed by atoms with Crippen molar-refractivity contribution in [1.82, 2.24) is 0 Å². The van der Waals surface area contributed by atoms with Crippen molar-refractivity contribution in [2.45, 2.75) is 90.8 Å². The summed E-state index contributed by atoms with van der Waals surface area (Å²) in [4.78, 5) is 0. The second kappa shape index (κ2) is 6.87. The summed E-state index contributed by atoms with van der Waals surface area (Å²) in [6, 6.07) is 0. The first-order chi connectivity index (χ1) is 10.2. The molecule has 3 atom stereocenters. The minimum absolute atomic E-state index is 0.180. The van der Waals surface area contributed by atoms with Gasteiger partial charge in [-0.1, -0.05) is 0 Å². The number of rotatable bonds is 7. The van der Waals surface area contributed by atoms with E-state index >= 15 is 0 Å². The van der Waals surface area contributed by atoms with Crippen LogP contribution in [0.15, 0.2) is 0 Å². The van der Waals surface area contributed by atoms with E-state index in [1.807, 2.05) is 0 Å². The van der Waals surface area contributed by atoms with Gasteiger partial charge in [-0.25, -0.2) is 0 Å². The minimum Gasteiger partial charge on any atom is -0.377 e. The normalized spacial score (nSPS) is 35.7. The molecule has 0 amide bonds. The fraction of sp³-hybridized carbons (Fsp3) is 1.00. The Bertz CT molecular complexity index is 501. The van der Waals surface area contributed by atoms with Gasteiger partial charge in [0.15, 0.2) is 10.7 Å². The van der Waals surface area contributed by atoms with E-state index in [4.69, 9.17) is 18.1 Å². The molecule has 1 rings (SSSR count).